The van der Waals surface area contributed by atoms with E-state index in [1.807, 2.05) is 85.1 Å². The first-order valence-corrected chi connectivity index (χ1v) is 12.2. The Balaban J connectivity index is 1.23. The number of aromatic amines is 1. The molecule has 0 unspecified atom stereocenters. The monoisotopic (exact) mass is 500 g/mol. The maximum Gasteiger partial charge on any atom is 0.229 e. The second-order valence-electron chi connectivity index (χ2n) is 8.62. The Hall–Kier alpha value is -5.24. The lowest BCUT2D eigenvalue weighted by Crippen LogP contribution is -2.01. The lowest BCUT2D eigenvalue weighted by atomic mass is 10.1. The van der Waals surface area contributed by atoms with Crippen LogP contribution in [0.2, 0.25) is 0 Å². The summed E-state index contributed by atoms with van der Waals surface area (Å²) in [5, 5.41) is 4.25. The number of hydrogen-bond acceptors (Lipinski definition) is 7. The van der Waals surface area contributed by atoms with Crippen LogP contribution < -0.4 is 14.8 Å². The van der Waals surface area contributed by atoms with Gasteiger partial charge in [0.25, 0.3) is 0 Å². The Bertz CT molecular complexity index is 1650. The van der Waals surface area contributed by atoms with E-state index in [4.69, 9.17) is 14.5 Å². The zero-order chi connectivity index (χ0) is 25.6. The van der Waals surface area contributed by atoms with E-state index in [1.165, 1.54) is 0 Å². The summed E-state index contributed by atoms with van der Waals surface area (Å²) >= 11 is 0. The summed E-state index contributed by atoms with van der Waals surface area (Å²) in [7, 11) is 0. The van der Waals surface area contributed by atoms with Gasteiger partial charge in [0.05, 0.1) is 5.69 Å². The van der Waals surface area contributed by atoms with Crippen LogP contribution in [0.3, 0.4) is 0 Å². The van der Waals surface area contributed by atoms with Crippen LogP contribution >= 0.6 is 0 Å². The molecule has 0 aliphatic rings. The van der Waals surface area contributed by atoms with Crippen LogP contribution in [0.1, 0.15) is 11.1 Å². The molecule has 2 N–H and O–H groups in total. The van der Waals surface area contributed by atoms with Gasteiger partial charge in [0.15, 0.2) is 0 Å². The highest BCUT2D eigenvalue weighted by Gasteiger charge is 2.12. The largest absolute Gasteiger partial charge is 0.489 e. The Morgan fingerprint density at radius 1 is 0.711 bits per heavy atom. The van der Waals surface area contributed by atoms with Gasteiger partial charge in [-0.15, -0.1) is 0 Å². The van der Waals surface area contributed by atoms with Crippen LogP contribution in [0.4, 0.5) is 11.6 Å². The van der Waals surface area contributed by atoms with Gasteiger partial charge in [-0.3, -0.25) is 9.97 Å². The number of aromatic nitrogens is 5. The molecule has 0 spiro atoms. The molecular formula is C30H24N6O2. The second-order valence-corrected chi connectivity index (χ2v) is 8.62. The van der Waals surface area contributed by atoms with E-state index >= 15 is 0 Å². The standard InChI is InChI=1S/C30H24N6O2/c1-7-23(15-25(9-1)37-19-21-5-3-12-31-17-21)28-27-11-14-33-29(27)36-30(35-28)34-24-8-2-10-26(16-24)38-20-22-6-4-13-32-18-22/h1-18H,19-20H2,(H2,33,34,35,36). The van der Waals surface area contributed by atoms with Gasteiger partial charge < -0.3 is 19.8 Å². The number of benzene rings is 2. The minimum atomic E-state index is 0.436. The average Bonchev–Trinajstić information content (AvgIpc) is 3.45. The molecule has 0 aliphatic carbocycles. The van der Waals surface area contributed by atoms with Gasteiger partial charge in [-0.2, -0.15) is 4.98 Å². The van der Waals surface area contributed by atoms with Crippen LogP contribution in [0.15, 0.2) is 110 Å². The van der Waals surface area contributed by atoms with E-state index in [0.29, 0.717) is 19.2 Å². The fourth-order valence-electron chi connectivity index (χ4n) is 4.04. The van der Waals surface area contributed by atoms with Crippen LogP contribution in [0.5, 0.6) is 11.5 Å². The Morgan fingerprint density at radius 2 is 1.42 bits per heavy atom. The number of pyridine rings is 2. The molecule has 0 radical (unpaired) electrons. The quantitative estimate of drug-likeness (QED) is 0.240. The smallest absolute Gasteiger partial charge is 0.229 e. The summed E-state index contributed by atoms with van der Waals surface area (Å²) in [6.07, 6.45) is 8.95. The molecule has 8 heteroatoms. The van der Waals surface area contributed by atoms with Crippen LogP contribution in [0.25, 0.3) is 22.3 Å². The van der Waals surface area contributed by atoms with E-state index < -0.39 is 0 Å². The molecule has 2 aromatic carbocycles. The molecule has 4 aromatic heterocycles. The van der Waals surface area contributed by atoms with Crippen molar-refractivity contribution in [3.8, 4) is 22.8 Å². The highest BCUT2D eigenvalue weighted by molar-refractivity contribution is 5.92. The predicted molar refractivity (Wildman–Crippen MR) is 146 cm³/mol. The Labute approximate surface area is 219 Å². The fraction of sp³-hybridized carbons (Fsp3) is 0.0667. The van der Waals surface area contributed by atoms with Gasteiger partial charge in [0.2, 0.25) is 5.95 Å². The summed E-state index contributed by atoms with van der Waals surface area (Å²) in [5.41, 5.74) is 5.29. The number of anilines is 2. The molecule has 0 bridgehead atoms. The first-order chi connectivity index (χ1) is 18.8. The SMILES string of the molecule is c1cncc(COc2cccc(Nc3nc(-c4cccc(OCc5cccnc5)c4)c4cc[nH]c4n3)c2)c1. The first kappa shape index (κ1) is 23.2. The van der Waals surface area contributed by atoms with Gasteiger partial charge >= 0.3 is 0 Å². The van der Waals surface area contributed by atoms with Crippen molar-refractivity contribution in [2.75, 3.05) is 5.32 Å². The summed E-state index contributed by atoms with van der Waals surface area (Å²) in [6, 6.07) is 25.4. The number of rotatable bonds is 9. The normalized spacial score (nSPS) is 10.8. The fourth-order valence-corrected chi connectivity index (χ4v) is 4.04. The molecule has 6 rings (SSSR count). The van der Waals surface area contributed by atoms with Gasteiger partial charge in [0.1, 0.15) is 30.4 Å². The molecule has 8 nitrogen and oxygen atoms in total. The van der Waals surface area contributed by atoms with E-state index in [9.17, 15) is 0 Å². The summed E-state index contributed by atoms with van der Waals surface area (Å²) in [4.78, 5) is 21.0. The number of ether oxygens (including phenoxy) is 2. The predicted octanol–water partition coefficient (Wildman–Crippen LogP) is 6.32. The lowest BCUT2D eigenvalue weighted by Gasteiger charge is -2.12. The zero-order valence-electron chi connectivity index (χ0n) is 20.4. The maximum atomic E-state index is 6.02. The number of hydrogen-bond donors (Lipinski definition) is 2. The highest BCUT2D eigenvalue weighted by atomic mass is 16.5. The highest BCUT2D eigenvalue weighted by Crippen LogP contribution is 2.30. The van der Waals surface area contributed by atoms with Crippen molar-refractivity contribution in [3.63, 3.8) is 0 Å². The van der Waals surface area contributed by atoms with Gasteiger partial charge in [0, 0.05) is 64.8 Å². The van der Waals surface area contributed by atoms with Crippen molar-refractivity contribution in [2.45, 2.75) is 13.2 Å². The van der Waals surface area contributed by atoms with Crippen molar-refractivity contribution in [1.82, 2.24) is 24.9 Å². The third-order valence-corrected chi connectivity index (χ3v) is 5.87. The molecule has 4 heterocycles. The van der Waals surface area contributed by atoms with Crippen molar-refractivity contribution in [1.29, 1.82) is 0 Å². The maximum absolute atomic E-state index is 6.02. The average molecular weight is 501 g/mol. The van der Waals surface area contributed by atoms with Crippen molar-refractivity contribution >= 4 is 22.7 Å². The molecule has 0 atom stereocenters. The minimum absolute atomic E-state index is 0.436. The summed E-state index contributed by atoms with van der Waals surface area (Å²) in [6.45, 7) is 0.873. The van der Waals surface area contributed by atoms with E-state index in [1.54, 1.807) is 24.8 Å². The van der Waals surface area contributed by atoms with Crippen LogP contribution in [0, 0.1) is 0 Å². The molecule has 0 amide bonds. The first-order valence-electron chi connectivity index (χ1n) is 12.2. The van der Waals surface area contributed by atoms with Crippen LogP contribution in [-0.4, -0.2) is 24.9 Å². The van der Waals surface area contributed by atoms with Crippen molar-refractivity contribution in [2.24, 2.45) is 0 Å². The van der Waals surface area contributed by atoms with Gasteiger partial charge in [-0.25, -0.2) is 4.98 Å². The van der Waals surface area contributed by atoms with E-state index in [-0.39, 0.29) is 0 Å². The molecule has 6 aromatic rings. The third-order valence-electron chi connectivity index (χ3n) is 5.87. The Morgan fingerprint density at radius 3 is 2.13 bits per heavy atom. The van der Waals surface area contributed by atoms with Crippen molar-refractivity contribution in [3.05, 3.63) is 121 Å². The molecular weight excluding hydrogens is 476 g/mol. The summed E-state index contributed by atoms with van der Waals surface area (Å²) in [5.74, 6) is 1.96. The minimum Gasteiger partial charge on any atom is -0.489 e. The number of nitrogens with zero attached hydrogens (tertiary/aromatic N) is 4. The number of fused-ring (bicyclic) bond motifs is 1. The van der Waals surface area contributed by atoms with Crippen molar-refractivity contribution < 1.29 is 9.47 Å². The molecule has 186 valence electrons. The molecule has 0 aliphatic heterocycles. The molecule has 0 saturated carbocycles. The Kier molecular flexibility index (Phi) is 6.58. The molecule has 38 heavy (non-hydrogen) atoms. The van der Waals surface area contributed by atoms with Gasteiger partial charge in [-0.05, 0) is 42.5 Å². The molecule has 0 saturated heterocycles. The number of H-pyrrole nitrogens is 1. The van der Waals surface area contributed by atoms with E-state index in [2.05, 4.69) is 25.3 Å². The van der Waals surface area contributed by atoms with Crippen LogP contribution in [-0.2, 0) is 13.2 Å². The van der Waals surface area contributed by atoms with Gasteiger partial charge in [-0.1, -0.05) is 30.3 Å². The molecule has 0 fully saturated rings. The third kappa shape index (κ3) is 5.44. The second kappa shape index (κ2) is 10.8. The summed E-state index contributed by atoms with van der Waals surface area (Å²) < 4.78 is 12.0. The number of nitrogens with one attached hydrogen (secondary N) is 2. The topological polar surface area (TPSA) is 97.8 Å². The zero-order valence-corrected chi connectivity index (χ0v) is 20.4. The van der Waals surface area contributed by atoms with E-state index in [0.717, 1.165) is 50.6 Å². The lowest BCUT2D eigenvalue weighted by molar-refractivity contribution is 0.306.